The zero-order valence-corrected chi connectivity index (χ0v) is 9.87. The van der Waals surface area contributed by atoms with Crippen LogP contribution in [0, 0.1) is 20.2 Å². The molecule has 1 aromatic carbocycles. The van der Waals surface area contributed by atoms with Crippen molar-refractivity contribution in [2.45, 2.75) is 6.92 Å². The Labute approximate surface area is 106 Å². The van der Waals surface area contributed by atoms with Crippen molar-refractivity contribution in [3.8, 4) is 0 Å². The predicted octanol–water partition coefficient (Wildman–Crippen LogP) is 0.538. The molecule has 10 heteroatoms. The van der Waals surface area contributed by atoms with E-state index in [1.807, 2.05) is 0 Å². The molecule has 0 unspecified atom stereocenters. The van der Waals surface area contributed by atoms with Gasteiger partial charge in [-0.2, -0.15) is 0 Å². The Morgan fingerprint density at radius 3 is 2.37 bits per heavy atom. The molecule has 0 spiro atoms. The molecule has 0 bridgehead atoms. The van der Waals surface area contributed by atoms with E-state index >= 15 is 0 Å². The van der Waals surface area contributed by atoms with Gasteiger partial charge in [0.15, 0.2) is 0 Å². The SMILES string of the molecule is CCNc1c(C(=O)NN)cc([N+](=O)[O-])cc1[N+](=O)[O-]. The average Bonchev–Trinajstić information content (AvgIpc) is 2.37. The van der Waals surface area contributed by atoms with Gasteiger partial charge in [-0.3, -0.25) is 30.4 Å². The Bertz CT molecular complexity index is 544. The number of non-ortho nitro benzene ring substituents is 1. The maximum Gasteiger partial charge on any atom is 0.300 e. The van der Waals surface area contributed by atoms with Crippen molar-refractivity contribution in [3.63, 3.8) is 0 Å². The second-order valence-corrected chi connectivity index (χ2v) is 3.41. The van der Waals surface area contributed by atoms with Crippen LogP contribution in [0.15, 0.2) is 12.1 Å². The largest absolute Gasteiger partial charge is 0.379 e. The highest BCUT2D eigenvalue weighted by Crippen LogP contribution is 2.33. The van der Waals surface area contributed by atoms with Crippen LogP contribution in [-0.4, -0.2) is 22.3 Å². The van der Waals surface area contributed by atoms with Crippen molar-refractivity contribution < 1.29 is 14.6 Å². The molecule has 1 aromatic rings. The van der Waals surface area contributed by atoms with Crippen molar-refractivity contribution in [1.29, 1.82) is 0 Å². The van der Waals surface area contributed by atoms with E-state index in [-0.39, 0.29) is 11.3 Å². The molecule has 0 atom stereocenters. The van der Waals surface area contributed by atoms with E-state index < -0.39 is 27.1 Å². The smallest absolute Gasteiger partial charge is 0.300 e. The molecule has 0 fully saturated rings. The highest BCUT2D eigenvalue weighted by Gasteiger charge is 2.26. The number of anilines is 1. The minimum Gasteiger partial charge on any atom is -0.379 e. The zero-order chi connectivity index (χ0) is 14.6. The van der Waals surface area contributed by atoms with Gasteiger partial charge in [0.1, 0.15) is 5.69 Å². The monoisotopic (exact) mass is 269 g/mol. The summed E-state index contributed by atoms with van der Waals surface area (Å²) in [5.74, 6) is 4.10. The number of benzene rings is 1. The molecule has 0 aliphatic heterocycles. The number of nitrogen functional groups attached to an aromatic ring is 1. The van der Waals surface area contributed by atoms with Gasteiger partial charge in [0.05, 0.1) is 21.5 Å². The third-order valence-electron chi connectivity index (χ3n) is 2.24. The topological polar surface area (TPSA) is 153 Å². The summed E-state index contributed by atoms with van der Waals surface area (Å²) in [5.41, 5.74) is 0.296. The number of carbonyl (C=O) groups excluding carboxylic acids is 1. The molecular formula is C9H11N5O5. The number of nitrogens with zero attached hydrogens (tertiary/aromatic N) is 2. The fourth-order valence-electron chi connectivity index (χ4n) is 1.48. The quantitative estimate of drug-likeness (QED) is 0.305. The van der Waals surface area contributed by atoms with Crippen LogP contribution in [0.2, 0.25) is 0 Å². The van der Waals surface area contributed by atoms with Crippen molar-refractivity contribution >= 4 is 23.0 Å². The van der Waals surface area contributed by atoms with Gasteiger partial charge in [-0.25, -0.2) is 5.84 Å². The number of rotatable bonds is 5. The average molecular weight is 269 g/mol. The summed E-state index contributed by atoms with van der Waals surface area (Å²) in [6, 6.07) is 1.71. The molecule has 0 aliphatic rings. The number of nitrogens with one attached hydrogen (secondary N) is 2. The Hall–Kier alpha value is -2.75. The first-order valence-electron chi connectivity index (χ1n) is 5.14. The van der Waals surface area contributed by atoms with E-state index in [0.717, 1.165) is 12.1 Å². The molecular weight excluding hydrogens is 258 g/mol. The second-order valence-electron chi connectivity index (χ2n) is 3.41. The Morgan fingerprint density at radius 2 is 1.95 bits per heavy atom. The van der Waals surface area contributed by atoms with E-state index in [1.165, 1.54) is 0 Å². The molecule has 0 saturated heterocycles. The highest BCUT2D eigenvalue weighted by molar-refractivity contribution is 6.02. The summed E-state index contributed by atoms with van der Waals surface area (Å²) in [6.45, 7) is 1.96. The van der Waals surface area contributed by atoms with E-state index in [1.54, 1.807) is 12.3 Å². The van der Waals surface area contributed by atoms with Gasteiger partial charge in [0.25, 0.3) is 17.3 Å². The Balaban J connectivity index is 3.59. The van der Waals surface area contributed by atoms with Crippen LogP contribution in [0.4, 0.5) is 17.1 Å². The number of nitro benzene ring substituents is 2. The molecule has 102 valence electrons. The second kappa shape index (κ2) is 5.73. The van der Waals surface area contributed by atoms with Crippen LogP contribution in [0.25, 0.3) is 0 Å². The molecule has 0 aliphatic carbocycles. The van der Waals surface area contributed by atoms with Crippen molar-refractivity contribution in [2.24, 2.45) is 5.84 Å². The lowest BCUT2D eigenvalue weighted by molar-refractivity contribution is -0.393. The van der Waals surface area contributed by atoms with Gasteiger partial charge in [0, 0.05) is 12.6 Å². The number of nitrogens with two attached hydrogens (primary N) is 1. The minimum absolute atomic E-state index is 0.110. The standard InChI is InChI=1S/C9H11N5O5/c1-2-11-8-6(9(15)12-10)3-5(13(16)17)4-7(8)14(18)19/h3-4,11H,2,10H2,1H3,(H,12,15). The first kappa shape index (κ1) is 14.3. The number of carbonyl (C=O) groups is 1. The van der Waals surface area contributed by atoms with Crippen LogP contribution < -0.4 is 16.6 Å². The van der Waals surface area contributed by atoms with E-state index in [0.29, 0.717) is 6.54 Å². The van der Waals surface area contributed by atoms with Gasteiger partial charge in [-0.05, 0) is 6.92 Å². The van der Waals surface area contributed by atoms with E-state index in [4.69, 9.17) is 5.84 Å². The Kier molecular flexibility index (Phi) is 4.32. The van der Waals surface area contributed by atoms with Crippen molar-refractivity contribution in [3.05, 3.63) is 37.9 Å². The third kappa shape index (κ3) is 2.93. The van der Waals surface area contributed by atoms with Gasteiger partial charge in [0.2, 0.25) is 0 Å². The number of amides is 1. The van der Waals surface area contributed by atoms with Crippen molar-refractivity contribution in [2.75, 3.05) is 11.9 Å². The van der Waals surface area contributed by atoms with Crippen LogP contribution in [-0.2, 0) is 0 Å². The van der Waals surface area contributed by atoms with E-state index in [9.17, 15) is 25.0 Å². The third-order valence-corrected chi connectivity index (χ3v) is 2.24. The fourth-order valence-corrected chi connectivity index (χ4v) is 1.48. The van der Waals surface area contributed by atoms with Crippen LogP contribution in [0.3, 0.4) is 0 Å². The number of hydrogen-bond acceptors (Lipinski definition) is 7. The summed E-state index contributed by atoms with van der Waals surface area (Å²) in [4.78, 5) is 31.5. The van der Waals surface area contributed by atoms with Crippen LogP contribution in [0.1, 0.15) is 17.3 Å². The van der Waals surface area contributed by atoms with Crippen molar-refractivity contribution in [1.82, 2.24) is 5.43 Å². The molecule has 1 amide bonds. The lowest BCUT2D eigenvalue weighted by atomic mass is 10.1. The molecule has 0 radical (unpaired) electrons. The van der Waals surface area contributed by atoms with Gasteiger partial charge < -0.3 is 5.32 Å². The summed E-state index contributed by atoms with van der Waals surface area (Å²) < 4.78 is 0. The fraction of sp³-hybridized carbons (Fsp3) is 0.222. The summed E-state index contributed by atoms with van der Waals surface area (Å²) in [7, 11) is 0. The van der Waals surface area contributed by atoms with Gasteiger partial charge >= 0.3 is 0 Å². The number of hydrazine groups is 1. The normalized spacial score (nSPS) is 9.79. The number of nitro groups is 2. The highest BCUT2D eigenvalue weighted by atomic mass is 16.6. The number of hydrogen-bond donors (Lipinski definition) is 3. The molecule has 4 N–H and O–H groups in total. The summed E-state index contributed by atoms with van der Waals surface area (Å²) in [5, 5.41) is 24.2. The van der Waals surface area contributed by atoms with E-state index in [2.05, 4.69) is 5.32 Å². The first-order chi connectivity index (χ1) is 8.92. The minimum atomic E-state index is -0.859. The molecule has 0 heterocycles. The van der Waals surface area contributed by atoms with Gasteiger partial charge in [-0.1, -0.05) is 0 Å². The van der Waals surface area contributed by atoms with Crippen LogP contribution in [0.5, 0.6) is 0 Å². The van der Waals surface area contributed by atoms with Gasteiger partial charge in [-0.15, -0.1) is 0 Å². The maximum absolute atomic E-state index is 11.5. The molecule has 19 heavy (non-hydrogen) atoms. The zero-order valence-electron chi connectivity index (χ0n) is 9.87. The van der Waals surface area contributed by atoms with Crippen LogP contribution >= 0.6 is 0 Å². The summed E-state index contributed by atoms with van der Waals surface area (Å²) in [6.07, 6.45) is 0. The molecule has 1 rings (SSSR count). The molecule has 0 saturated carbocycles. The summed E-state index contributed by atoms with van der Waals surface area (Å²) >= 11 is 0. The maximum atomic E-state index is 11.5. The lowest BCUT2D eigenvalue weighted by Crippen LogP contribution is -2.31. The molecule has 10 nitrogen and oxygen atoms in total. The predicted molar refractivity (Wildman–Crippen MR) is 65.6 cm³/mol. The molecule has 0 aromatic heterocycles. The lowest BCUT2D eigenvalue weighted by Gasteiger charge is -2.09. The first-order valence-corrected chi connectivity index (χ1v) is 5.14. The Morgan fingerprint density at radius 1 is 1.32 bits per heavy atom.